The summed E-state index contributed by atoms with van der Waals surface area (Å²) in [6, 6.07) is 6.57. The molecule has 0 aliphatic heterocycles. The Balaban J connectivity index is 1.57. The lowest BCUT2D eigenvalue weighted by Crippen LogP contribution is -2.12. The van der Waals surface area contributed by atoms with Crippen LogP contribution < -0.4 is 5.32 Å². The van der Waals surface area contributed by atoms with Crippen LogP contribution in [0, 0.1) is 11.7 Å². The second-order valence-corrected chi connectivity index (χ2v) is 6.96. The molecule has 1 amide bonds. The molecule has 5 heteroatoms. The molecule has 1 heterocycles. The summed E-state index contributed by atoms with van der Waals surface area (Å²) < 4.78 is 13.5. The number of halogens is 1. The van der Waals surface area contributed by atoms with E-state index in [0.29, 0.717) is 23.0 Å². The number of aryl methyl sites for hydroxylation is 2. The van der Waals surface area contributed by atoms with Gasteiger partial charge in [-0.25, -0.2) is 9.37 Å². The van der Waals surface area contributed by atoms with Gasteiger partial charge >= 0.3 is 0 Å². The van der Waals surface area contributed by atoms with E-state index in [4.69, 9.17) is 0 Å². The van der Waals surface area contributed by atoms with Crippen LogP contribution in [0.3, 0.4) is 0 Å². The number of thiazole rings is 1. The van der Waals surface area contributed by atoms with E-state index >= 15 is 0 Å². The highest BCUT2D eigenvalue weighted by Gasteiger charge is 2.20. The zero-order valence-electron chi connectivity index (χ0n) is 12.6. The highest BCUT2D eigenvalue weighted by molar-refractivity contribution is 7.15. The molecule has 0 saturated heterocycles. The topological polar surface area (TPSA) is 42.0 Å². The first-order valence-electron chi connectivity index (χ1n) is 7.63. The Kier molecular flexibility index (Phi) is 4.52. The van der Waals surface area contributed by atoms with Crippen molar-refractivity contribution in [3.8, 4) is 0 Å². The Hall–Kier alpha value is -1.75. The van der Waals surface area contributed by atoms with Gasteiger partial charge in [-0.2, -0.15) is 0 Å². The Bertz CT molecular complexity index is 683. The predicted molar refractivity (Wildman–Crippen MR) is 86.7 cm³/mol. The van der Waals surface area contributed by atoms with Crippen molar-refractivity contribution < 1.29 is 9.18 Å². The highest BCUT2D eigenvalue weighted by Crippen LogP contribution is 2.32. The minimum Gasteiger partial charge on any atom is -0.302 e. The smallest absolute Gasteiger partial charge is 0.226 e. The second kappa shape index (κ2) is 6.57. The van der Waals surface area contributed by atoms with Gasteiger partial charge in [0.05, 0.1) is 5.69 Å². The lowest BCUT2D eigenvalue weighted by atomic mass is 9.93. The van der Waals surface area contributed by atoms with Crippen LogP contribution >= 0.6 is 11.3 Å². The molecule has 2 aromatic rings. The number of nitrogens with one attached hydrogen (secondary N) is 1. The third-order valence-corrected chi connectivity index (χ3v) is 5.05. The number of carbonyl (C=O) groups excluding carboxylic acids is 1. The van der Waals surface area contributed by atoms with Crippen molar-refractivity contribution in [1.29, 1.82) is 0 Å². The fraction of sp³-hybridized carbons (Fsp3) is 0.412. The molecule has 0 spiro atoms. The Morgan fingerprint density at radius 2 is 2.27 bits per heavy atom. The van der Waals surface area contributed by atoms with E-state index in [2.05, 4.69) is 17.2 Å². The molecule has 1 unspecified atom stereocenters. The van der Waals surface area contributed by atoms with E-state index < -0.39 is 0 Å². The van der Waals surface area contributed by atoms with E-state index in [9.17, 15) is 9.18 Å². The summed E-state index contributed by atoms with van der Waals surface area (Å²) in [5.41, 5.74) is 1.71. The first-order chi connectivity index (χ1) is 10.6. The molecule has 3 rings (SSSR count). The first kappa shape index (κ1) is 15.2. The van der Waals surface area contributed by atoms with Crippen molar-refractivity contribution in [2.45, 2.75) is 39.0 Å². The van der Waals surface area contributed by atoms with Crippen LogP contribution in [0.25, 0.3) is 0 Å². The Labute approximate surface area is 133 Å². The number of rotatable bonds is 4. The molecule has 116 valence electrons. The van der Waals surface area contributed by atoms with Gasteiger partial charge in [-0.3, -0.25) is 4.79 Å². The van der Waals surface area contributed by atoms with Crippen molar-refractivity contribution in [2.24, 2.45) is 5.92 Å². The number of hydrogen-bond acceptors (Lipinski definition) is 3. The largest absolute Gasteiger partial charge is 0.302 e. The summed E-state index contributed by atoms with van der Waals surface area (Å²) in [7, 11) is 0. The molecule has 1 aromatic carbocycles. The van der Waals surface area contributed by atoms with Crippen LogP contribution in [0.15, 0.2) is 24.3 Å². The van der Waals surface area contributed by atoms with Crippen molar-refractivity contribution in [3.05, 3.63) is 46.2 Å². The SMILES string of the molecule is CC1CCc2nc(NC(=O)CCc3ccccc3F)sc2C1. The average molecular weight is 318 g/mol. The fourth-order valence-corrected chi connectivity index (χ4v) is 3.91. The molecule has 1 aromatic heterocycles. The molecule has 0 radical (unpaired) electrons. The number of aromatic nitrogens is 1. The van der Waals surface area contributed by atoms with Gasteiger partial charge in [-0.05, 0) is 43.2 Å². The van der Waals surface area contributed by atoms with Gasteiger partial charge in [0.15, 0.2) is 5.13 Å². The van der Waals surface area contributed by atoms with Crippen molar-refractivity contribution in [3.63, 3.8) is 0 Å². The normalized spacial score (nSPS) is 17.1. The molecule has 1 N–H and O–H groups in total. The zero-order chi connectivity index (χ0) is 15.5. The van der Waals surface area contributed by atoms with E-state index in [0.717, 1.165) is 25.0 Å². The zero-order valence-corrected chi connectivity index (χ0v) is 13.4. The number of carbonyl (C=O) groups is 1. The number of hydrogen-bond donors (Lipinski definition) is 1. The molecule has 22 heavy (non-hydrogen) atoms. The molecule has 1 aliphatic rings. The summed E-state index contributed by atoms with van der Waals surface area (Å²) >= 11 is 1.58. The van der Waals surface area contributed by atoms with E-state index in [1.54, 1.807) is 29.5 Å². The Morgan fingerprint density at radius 1 is 1.45 bits per heavy atom. The van der Waals surface area contributed by atoms with Crippen LogP contribution in [-0.4, -0.2) is 10.9 Å². The standard InChI is InChI=1S/C17H19FN2OS/c1-11-6-8-14-15(10-11)22-17(19-14)20-16(21)9-7-12-4-2-3-5-13(12)18/h2-5,11H,6-10H2,1H3,(H,19,20,21). The lowest BCUT2D eigenvalue weighted by Gasteiger charge is -2.15. The highest BCUT2D eigenvalue weighted by atomic mass is 32.1. The summed E-state index contributed by atoms with van der Waals surface area (Å²) in [5.74, 6) is 0.328. The van der Waals surface area contributed by atoms with E-state index in [1.165, 1.54) is 10.9 Å². The van der Waals surface area contributed by atoms with Crippen LogP contribution in [0.4, 0.5) is 9.52 Å². The Morgan fingerprint density at radius 3 is 3.09 bits per heavy atom. The molecule has 0 fully saturated rings. The van der Waals surface area contributed by atoms with E-state index in [-0.39, 0.29) is 18.1 Å². The van der Waals surface area contributed by atoms with Crippen LogP contribution in [-0.2, 0) is 24.1 Å². The predicted octanol–water partition coefficient (Wildman–Crippen LogP) is 3.98. The van der Waals surface area contributed by atoms with Gasteiger partial charge in [-0.1, -0.05) is 25.1 Å². The second-order valence-electron chi connectivity index (χ2n) is 5.88. The molecule has 0 saturated carbocycles. The monoisotopic (exact) mass is 318 g/mol. The number of fused-ring (bicyclic) bond motifs is 1. The van der Waals surface area contributed by atoms with Gasteiger partial charge in [0.2, 0.25) is 5.91 Å². The summed E-state index contributed by atoms with van der Waals surface area (Å²) in [5, 5.41) is 3.53. The minimum absolute atomic E-state index is 0.109. The third kappa shape index (κ3) is 3.53. The fourth-order valence-electron chi connectivity index (χ4n) is 2.72. The molecule has 1 atom stereocenters. The van der Waals surface area contributed by atoms with E-state index in [1.807, 2.05) is 0 Å². The maximum absolute atomic E-state index is 13.5. The van der Waals surface area contributed by atoms with Crippen LogP contribution in [0.1, 0.15) is 35.9 Å². The van der Waals surface area contributed by atoms with Gasteiger partial charge in [0.1, 0.15) is 5.82 Å². The van der Waals surface area contributed by atoms with Crippen molar-refractivity contribution >= 4 is 22.4 Å². The number of anilines is 1. The number of amides is 1. The number of benzene rings is 1. The van der Waals surface area contributed by atoms with Crippen LogP contribution in [0.2, 0.25) is 0 Å². The maximum atomic E-state index is 13.5. The lowest BCUT2D eigenvalue weighted by molar-refractivity contribution is -0.116. The molecule has 0 bridgehead atoms. The first-order valence-corrected chi connectivity index (χ1v) is 8.45. The minimum atomic E-state index is -0.256. The molecule has 3 nitrogen and oxygen atoms in total. The van der Waals surface area contributed by atoms with Crippen LogP contribution in [0.5, 0.6) is 0 Å². The van der Waals surface area contributed by atoms with Crippen molar-refractivity contribution in [1.82, 2.24) is 4.98 Å². The summed E-state index contributed by atoms with van der Waals surface area (Å²) in [4.78, 5) is 17.8. The van der Waals surface area contributed by atoms with Gasteiger partial charge in [0, 0.05) is 11.3 Å². The average Bonchev–Trinajstić information content (AvgIpc) is 2.87. The quantitative estimate of drug-likeness (QED) is 0.926. The summed E-state index contributed by atoms with van der Waals surface area (Å²) in [6.07, 6.45) is 3.88. The maximum Gasteiger partial charge on any atom is 0.226 e. The molecular formula is C17H19FN2OS. The number of nitrogens with zero attached hydrogens (tertiary/aromatic N) is 1. The third-order valence-electron chi connectivity index (χ3n) is 4.01. The molecular weight excluding hydrogens is 299 g/mol. The van der Waals surface area contributed by atoms with Crippen molar-refractivity contribution in [2.75, 3.05) is 5.32 Å². The van der Waals surface area contributed by atoms with Gasteiger partial charge < -0.3 is 5.32 Å². The summed E-state index contributed by atoms with van der Waals surface area (Å²) in [6.45, 7) is 2.25. The van der Waals surface area contributed by atoms with Gasteiger partial charge in [-0.15, -0.1) is 11.3 Å². The van der Waals surface area contributed by atoms with Gasteiger partial charge in [0.25, 0.3) is 0 Å². The molecule has 1 aliphatic carbocycles.